The van der Waals surface area contributed by atoms with Crippen molar-refractivity contribution in [2.45, 2.75) is 18.9 Å². The topological polar surface area (TPSA) is 75.8 Å². The van der Waals surface area contributed by atoms with Crippen LogP contribution in [0.3, 0.4) is 0 Å². The summed E-state index contributed by atoms with van der Waals surface area (Å²) in [5.74, 6) is -0.0705. The van der Waals surface area contributed by atoms with Gasteiger partial charge >= 0.3 is 0 Å². The molecule has 1 heterocycles. The number of amides is 1. The Labute approximate surface area is 149 Å². The van der Waals surface area contributed by atoms with E-state index in [-0.39, 0.29) is 23.9 Å². The Bertz CT molecular complexity index is 823. The highest BCUT2D eigenvalue weighted by Crippen LogP contribution is 2.37. The van der Waals surface area contributed by atoms with Crippen LogP contribution in [0.4, 0.5) is 5.69 Å². The Morgan fingerprint density at radius 2 is 1.88 bits per heavy atom. The van der Waals surface area contributed by atoms with Gasteiger partial charge in [-0.2, -0.15) is 5.10 Å². The SMILES string of the molecule is O=C(CCCl)N1N=C(c2ccccc2)C[C@H]1c1ccccc1[N+](=O)[O-]. The van der Waals surface area contributed by atoms with Crippen LogP contribution in [0, 0.1) is 10.1 Å². The van der Waals surface area contributed by atoms with Gasteiger partial charge in [-0.05, 0) is 11.6 Å². The first kappa shape index (κ1) is 17.1. The van der Waals surface area contributed by atoms with E-state index < -0.39 is 11.0 Å². The molecule has 25 heavy (non-hydrogen) atoms. The molecule has 0 aliphatic carbocycles. The lowest BCUT2D eigenvalue weighted by Gasteiger charge is -2.21. The number of hydrazone groups is 1. The summed E-state index contributed by atoms with van der Waals surface area (Å²) in [5, 5.41) is 17.2. The molecule has 0 spiro atoms. The maximum Gasteiger partial charge on any atom is 0.274 e. The number of nitro groups is 1. The number of carbonyl (C=O) groups is 1. The predicted octanol–water partition coefficient (Wildman–Crippen LogP) is 3.90. The number of nitro benzene ring substituents is 1. The highest BCUT2D eigenvalue weighted by atomic mass is 35.5. The van der Waals surface area contributed by atoms with E-state index in [0.29, 0.717) is 12.0 Å². The lowest BCUT2D eigenvalue weighted by atomic mass is 9.97. The molecule has 0 saturated heterocycles. The molecule has 0 aromatic heterocycles. The van der Waals surface area contributed by atoms with Gasteiger partial charge < -0.3 is 0 Å². The lowest BCUT2D eigenvalue weighted by Crippen LogP contribution is -2.27. The van der Waals surface area contributed by atoms with Gasteiger partial charge in [0.05, 0.1) is 22.2 Å². The van der Waals surface area contributed by atoms with Crippen molar-refractivity contribution in [2.75, 3.05) is 5.88 Å². The van der Waals surface area contributed by atoms with Crippen LogP contribution in [0.15, 0.2) is 59.7 Å². The zero-order valence-corrected chi connectivity index (χ0v) is 14.1. The molecule has 1 atom stereocenters. The van der Waals surface area contributed by atoms with E-state index in [1.807, 2.05) is 30.3 Å². The quantitative estimate of drug-likeness (QED) is 0.462. The van der Waals surface area contributed by atoms with Gasteiger partial charge in [-0.1, -0.05) is 42.5 Å². The van der Waals surface area contributed by atoms with E-state index in [9.17, 15) is 14.9 Å². The van der Waals surface area contributed by atoms with E-state index in [1.54, 1.807) is 18.2 Å². The van der Waals surface area contributed by atoms with Gasteiger partial charge in [0.25, 0.3) is 5.69 Å². The number of nitrogens with zero attached hydrogens (tertiary/aromatic N) is 3. The highest BCUT2D eigenvalue weighted by molar-refractivity contribution is 6.19. The number of carbonyl (C=O) groups excluding carboxylic acids is 1. The zero-order valence-electron chi connectivity index (χ0n) is 13.3. The predicted molar refractivity (Wildman–Crippen MR) is 95.6 cm³/mol. The van der Waals surface area contributed by atoms with Gasteiger partial charge in [0.1, 0.15) is 0 Å². The van der Waals surface area contributed by atoms with Crippen LogP contribution in [0.1, 0.15) is 30.0 Å². The monoisotopic (exact) mass is 357 g/mol. The molecule has 0 unspecified atom stereocenters. The molecule has 0 saturated carbocycles. The number of rotatable bonds is 5. The molecule has 2 aromatic carbocycles. The van der Waals surface area contributed by atoms with Crippen molar-refractivity contribution < 1.29 is 9.72 Å². The second-order valence-corrected chi connectivity index (χ2v) is 6.00. The molecule has 3 rings (SSSR count). The first-order chi connectivity index (χ1) is 12.1. The molecule has 6 nitrogen and oxygen atoms in total. The van der Waals surface area contributed by atoms with E-state index in [1.165, 1.54) is 11.1 Å². The number of para-hydroxylation sites is 1. The minimum Gasteiger partial charge on any atom is -0.273 e. The summed E-state index contributed by atoms with van der Waals surface area (Å²) in [6.45, 7) is 0. The average Bonchev–Trinajstić information content (AvgIpc) is 3.08. The first-order valence-electron chi connectivity index (χ1n) is 7.86. The maximum absolute atomic E-state index is 12.5. The molecular formula is C18H16ClN3O3. The van der Waals surface area contributed by atoms with Crippen LogP contribution in [0.25, 0.3) is 0 Å². The zero-order chi connectivity index (χ0) is 17.8. The van der Waals surface area contributed by atoms with Crippen LogP contribution in [-0.2, 0) is 4.79 Å². The fourth-order valence-corrected chi connectivity index (χ4v) is 3.08. The second kappa shape index (κ2) is 7.44. The molecule has 1 aliphatic rings. The van der Waals surface area contributed by atoms with Crippen molar-refractivity contribution in [3.05, 3.63) is 75.8 Å². The number of hydrogen-bond donors (Lipinski definition) is 0. The van der Waals surface area contributed by atoms with E-state index in [0.717, 1.165) is 11.3 Å². The normalized spacial score (nSPS) is 16.6. The Hall–Kier alpha value is -2.73. The molecule has 7 heteroatoms. The summed E-state index contributed by atoms with van der Waals surface area (Å²) in [4.78, 5) is 23.4. The van der Waals surface area contributed by atoms with Gasteiger partial charge in [0, 0.05) is 24.8 Å². The Balaban J connectivity index is 2.01. The number of halogens is 1. The van der Waals surface area contributed by atoms with Crippen LogP contribution in [0.5, 0.6) is 0 Å². The van der Waals surface area contributed by atoms with E-state index >= 15 is 0 Å². The third kappa shape index (κ3) is 3.53. The van der Waals surface area contributed by atoms with E-state index in [2.05, 4.69) is 5.10 Å². The molecule has 128 valence electrons. The van der Waals surface area contributed by atoms with Crippen molar-refractivity contribution in [1.29, 1.82) is 0 Å². The van der Waals surface area contributed by atoms with Gasteiger partial charge in [0.15, 0.2) is 0 Å². The van der Waals surface area contributed by atoms with Crippen LogP contribution >= 0.6 is 11.6 Å². The summed E-state index contributed by atoms with van der Waals surface area (Å²) in [6, 6.07) is 15.4. The number of hydrogen-bond acceptors (Lipinski definition) is 4. The maximum atomic E-state index is 12.5. The Morgan fingerprint density at radius 1 is 1.20 bits per heavy atom. The van der Waals surface area contributed by atoms with Gasteiger partial charge in [0.2, 0.25) is 5.91 Å². The minimum absolute atomic E-state index is 0.0133. The standard InChI is InChI=1S/C18H16ClN3O3/c19-11-10-18(23)21-17(14-8-4-5-9-16(14)22(24)25)12-15(20-21)13-6-2-1-3-7-13/h1-9,17H,10-12H2/t17-/m0/s1. The van der Waals surface area contributed by atoms with Crippen molar-refractivity contribution in [2.24, 2.45) is 5.10 Å². The Morgan fingerprint density at radius 3 is 2.56 bits per heavy atom. The molecule has 0 N–H and O–H groups in total. The fourth-order valence-electron chi connectivity index (χ4n) is 2.92. The molecule has 1 amide bonds. The third-order valence-corrected chi connectivity index (χ3v) is 4.26. The molecule has 2 aromatic rings. The molecule has 0 radical (unpaired) electrons. The fraction of sp³-hybridized carbons (Fsp3) is 0.222. The summed E-state index contributed by atoms with van der Waals surface area (Å²) in [6.07, 6.45) is 0.549. The van der Waals surface area contributed by atoms with Crippen molar-refractivity contribution in [1.82, 2.24) is 5.01 Å². The van der Waals surface area contributed by atoms with E-state index in [4.69, 9.17) is 11.6 Å². The average molecular weight is 358 g/mol. The molecule has 0 fully saturated rings. The summed E-state index contributed by atoms with van der Waals surface area (Å²) in [7, 11) is 0. The molecule has 0 bridgehead atoms. The largest absolute Gasteiger partial charge is 0.274 e. The number of alkyl halides is 1. The number of benzene rings is 2. The summed E-state index contributed by atoms with van der Waals surface area (Å²) >= 11 is 5.70. The molecular weight excluding hydrogens is 342 g/mol. The van der Waals surface area contributed by atoms with Gasteiger partial charge in [-0.3, -0.25) is 14.9 Å². The summed E-state index contributed by atoms with van der Waals surface area (Å²) in [5.41, 5.74) is 2.09. The van der Waals surface area contributed by atoms with Gasteiger partial charge in [-0.25, -0.2) is 5.01 Å². The third-order valence-electron chi connectivity index (χ3n) is 4.07. The van der Waals surface area contributed by atoms with Crippen molar-refractivity contribution in [3.63, 3.8) is 0 Å². The smallest absolute Gasteiger partial charge is 0.273 e. The summed E-state index contributed by atoms with van der Waals surface area (Å²) < 4.78 is 0. The first-order valence-corrected chi connectivity index (χ1v) is 8.39. The van der Waals surface area contributed by atoms with Gasteiger partial charge in [-0.15, -0.1) is 11.6 Å². The van der Waals surface area contributed by atoms with Crippen LogP contribution in [-0.4, -0.2) is 27.4 Å². The highest BCUT2D eigenvalue weighted by Gasteiger charge is 2.36. The lowest BCUT2D eigenvalue weighted by molar-refractivity contribution is -0.385. The Kier molecular flexibility index (Phi) is 5.09. The minimum atomic E-state index is -0.507. The second-order valence-electron chi connectivity index (χ2n) is 5.63. The van der Waals surface area contributed by atoms with Crippen LogP contribution in [0.2, 0.25) is 0 Å². The van der Waals surface area contributed by atoms with Crippen molar-refractivity contribution in [3.8, 4) is 0 Å². The van der Waals surface area contributed by atoms with Crippen molar-refractivity contribution >= 4 is 28.9 Å². The van der Waals surface area contributed by atoms with Crippen LogP contribution < -0.4 is 0 Å². The molecule has 1 aliphatic heterocycles.